The minimum absolute atomic E-state index is 0.0593. The largest absolute Gasteiger partial charge is 0.481 e. The quantitative estimate of drug-likeness (QED) is 0.798. The van der Waals surface area contributed by atoms with Crippen LogP contribution < -0.4 is 5.32 Å². The second kappa shape index (κ2) is 8.06. The van der Waals surface area contributed by atoms with Gasteiger partial charge >= 0.3 is 5.97 Å². The van der Waals surface area contributed by atoms with Crippen molar-refractivity contribution >= 4 is 17.8 Å². The predicted octanol–water partition coefficient (Wildman–Crippen LogP) is 2.33. The number of carbonyl (C=O) groups excluding carboxylic acids is 2. The lowest BCUT2D eigenvalue weighted by molar-refractivity contribution is -0.160. The van der Waals surface area contributed by atoms with Crippen LogP contribution in [-0.2, 0) is 20.9 Å². The number of carboxylic acid groups (broad SMARTS) is 1. The molecule has 0 atom stereocenters. The van der Waals surface area contributed by atoms with Crippen molar-refractivity contribution in [2.75, 3.05) is 13.1 Å². The molecule has 0 spiro atoms. The summed E-state index contributed by atoms with van der Waals surface area (Å²) in [6.45, 7) is 1.30. The fourth-order valence-electron chi connectivity index (χ4n) is 3.80. The van der Waals surface area contributed by atoms with Gasteiger partial charge in [0.1, 0.15) is 5.82 Å². The second-order valence-corrected chi connectivity index (χ2v) is 7.62. The van der Waals surface area contributed by atoms with Gasteiger partial charge in [-0.25, -0.2) is 4.39 Å². The molecule has 7 heteroatoms. The van der Waals surface area contributed by atoms with Crippen molar-refractivity contribution in [2.24, 2.45) is 11.3 Å². The van der Waals surface area contributed by atoms with Crippen molar-refractivity contribution in [3.63, 3.8) is 0 Å². The molecule has 2 N–H and O–H groups in total. The number of hydrogen-bond donors (Lipinski definition) is 2. The number of likely N-dealkylation sites (tertiary alicyclic amines) is 1. The van der Waals surface area contributed by atoms with Gasteiger partial charge < -0.3 is 15.3 Å². The monoisotopic (exact) mass is 376 g/mol. The summed E-state index contributed by atoms with van der Waals surface area (Å²) in [5.74, 6) is -1.54. The Morgan fingerprint density at radius 2 is 1.78 bits per heavy atom. The first-order chi connectivity index (χ1) is 12.9. The highest BCUT2D eigenvalue weighted by molar-refractivity contribution is 5.86. The van der Waals surface area contributed by atoms with E-state index in [4.69, 9.17) is 0 Å². The summed E-state index contributed by atoms with van der Waals surface area (Å²) in [5, 5.41) is 12.2. The molecule has 1 aliphatic carbocycles. The number of halogens is 1. The summed E-state index contributed by atoms with van der Waals surface area (Å²) in [6, 6.07) is 5.99. The number of carboxylic acids is 1. The van der Waals surface area contributed by atoms with E-state index < -0.39 is 11.4 Å². The van der Waals surface area contributed by atoms with Crippen molar-refractivity contribution in [2.45, 2.75) is 45.1 Å². The van der Waals surface area contributed by atoms with Crippen molar-refractivity contribution in [3.05, 3.63) is 35.6 Å². The van der Waals surface area contributed by atoms with E-state index >= 15 is 0 Å². The van der Waals surface area contributed by atoms with Gasteiger partial charge in [-0.2, -0.15) is 0 Å². The number of nitrogens with one attached hydrogen (secondary N) is 1. The molecule has 2 amide bonds. The van der Waals surface area contributed by atoms with Crippen LogP contribution in [0.1, 0.15) is 44.1 Å². The maximum atomic E-state index is 12.9. The topological polar surface area (TPSA) is 86.7 Å². The molecule has 0 bridgehead atoms. The molecular formula is C20H25FN2O4. The summed E-state index contributed by atoms with van der Waals surface area (Å²) in [7, 11) is 0. The maximum absolute atomic E-state index is 12.9. The number of aliphatic carboxylic acids is 1. The molecule has 146 valence electrons. The Hall–Kier alpha value is -2.44. The van der Waals surface area contributed by atoms with E-state index in [0.29, 0.717) is 45.3 Å². The molecule has 1 heterocycles. The van der Waals surface area contributed by atoms with Gasteiger partial charge in [0.05, 0.1) is 5.41 Å². The molecule has 27 heavy (non-hydrogen) atoms. The van der Waals surface area contributed by atoms with Crippen LogP contribution in [0.4, 0.5) is 4.39 Å². The van der Waals surface area contributed by atoms with Gasteiger partial charge in [-0.15, -0.1) is 0 Å². The zero-order chi connectivity index (χ0) is 19.4. The van der Waals surface area contributed by atoms with E-state index in [9.17, 15) is 23.9 Å². The van der Waals surface area contributed by atoms with Gasteiger partial charge in [-0.05, 0) is 43.4 Å². The first-order valence-electron chi connectivity index (χ1n) is 9.43. The predicted molar refractivity (Wildman–Crippen MR) is 96.1 cm³/mol. The Balaban J connectivity index is 1.44. The molecule has 3 rings (SSSR count). The van der Waals surface area contributed by atoms with Gasteiger partial charge in [0.25, 0.3) is 0 Å². The average Bonchev–Trinajstić information content (AvgIpc) is 2.63. The van der Waals surface area contributed by atoms with E-state index in [-0.39, 0.29) is 30.0 Å². The maximum Gasteiger partial charge on any atom is 0.310 e. The van der Waals surface area contributed by atoms with Gasteiger partial charge in [0.15, 0.2) is 0 Å². The molecule has 1 saturated carbocycles. The summed E-state index contributed by atoms with van der Waals surface area (Å²) in [6.07, 6.45) is 3.19. The lowest BCUT2D eigenvalue weighted by Gasteiger charge is -2.39. The molecular weight excluding hydrogens is 351 g/mol. The van der Waals surface area contributed by atoms with Gasteiger partial charge in [-0.1, -0.05) is 18.6 Å². The normalized spacial score (nSPS) is 19.2. The SMILES string of the molecule is O=C(NCc1ccc(F)cc1)C1CCN(C(=O)CC2(C(=O)O)CCC2)CC1. The van der Waals surface area contributed by atoms with Crippen LogP contribution in [0.15, 0.2) is 24.3 Å². The number of amides is 2. The molecule has 1 saturated heterocycles. The van der Waals surface area contributed by atoms with Crippen LogP contribution in [-0.4, -0.2) is 40.9 Å². The van der Waals surface area contributed by atoms with Crippen molar-refractivity contribution < 1.29 is 23.9 Å². The first kappa shape index (κ1) is 19.3. The Morgan fingerprint density at radius 3 is 2.30 bits per heavy atom. The van der Waals surface area contributed by atoms with E-state index in [1.165, 1.54) is 12.1 Å². The van der Waals surface area contributed by atoms with Gasteiger partial charge in [0.2, 0.25) is 11.8 Å². The van der Waals surface area contributed by atoms with Crippen LogP contribution in [0.25, 0.3) is 0 Å². The van der Waals surface area contributed by atoms with Crippen molar-refractivity contribution in [3.8, 4) is 0 Å². The summed E-state index contributed by atoms with van der Waals surface area (Å²) in [4.78, 5) is 37.9. The third-order valence-electron chi connectivity index (χ3n) is 5.85. The lowest BCUT2D eigenvalue weighted by Crippen LogP contribution is -2.47. The number of hydrogen-bond acceptors (Lipinski definition) is 3. The fraction of sp³-hybridized carbons (Fsp3) is 0.550. The molecule has 2 fully saturated rings. The van der Waals surface area contributed by atoms with E-state index in [2.05, 4.69) is 5.32 Å². The van der Waals surface area contributed by atoms with E-state index in [0.717, 1.165) is 12.0 Å². The number of benzene rings is 1. The summed E-state index contributed by atoms with van der Waals surface area (Å²) in [5.41, 5.74) is -0.0441. The minimum Gasteiger partial charge on any atom is -0.481 e. The Morgan fingerprint density at radius 1 is 1.15 bits per heavy atom. The Bertz CT molecular complexity index is 707. The highest BCUT2D eigenvalue weighted by atomic mass is 19.1. The van der Waals surface area contributed by atoms with Crippen molar-refractivity contribution in [1.82, 2.24) is 10.2 Å². The highest BCUT2D eigenvalue weighted by Gasteiger charge is 2.46. The minimum atomic E-state index is -0.878. The molecule has 2 aliphatic rings. The molecule has 1 aromatic carbocycles. The van der Waals surface area contributed by atoms with Crippen LogP contribution in [0.5, 0.6) is 0 Å². The lowest BCUT2D eigenvalue weighted by atomic mass is 9.66. The molecule has 1 aliphatic heterocycles. The molecule has 0 unspecified atom stereocenters. The highest BCUT2D eigenvalue weighted by Crippen LogP contribution is 2.44. The zero-order valence-electron chi connectivity index (χ0n) is 15.2. The smallest absolute Gasteiger partial charge is 0.310 e. The zero-order valence-corrected chi connectivity index (χ0v) is 15.2. The third kappa shape index (κ3) is 4.46. The number of nitrogens with zero attached hydrogens (tertiary/aromatic N) is 1. The van der Waals surface area contributed by atoms with Crippen molar-refractivity contribution in [1.29, 1.82) is 0 Å². The third-order valence-corrected chi connectivity index (χ3v) is 5.85. The van der Waals surface area contributed by atoms with Gasteiger partial charge in [-0.3, -0.25) is 14.4 Å². The number of rotatable bonds is 6. The second-order valence-electron chi connectivity index (χ2n) is 7.62. The fourth-order valence-corrected chi connectivity index (χ4v) is 3.80. The van der Waals surface area contributed by atoms with Crippen LogP contribution >= 0.6 is 0 Å². The van der Waals surface area contributed by atoms with Gasteiger partial charge in [0, 0.05) is 32.0 Å². The summed E-state index contributed by atoms with van der Waals surface area (Å²) >= 11 is 0. The average molecular weight is 376 g/mol. The molecule has 6 nitrogen and oxygen atoms in total. The Kier molecular flexibility index (Phi) is 5.77. The van der Waals surface area contributed by atoms with E-state index in [1.807, 2.05) is 0 Å². The van der Waals surface area contributed by atoms with Crippen LogP contribution in [0, 0.1) is 17.2 Å². The molecule has 0 aromatic heterocycles. The summed E-state index contributed by atoms with van der Waals surface area (Å²) < 4.78 is 12.9. The standard InChI is InChI=1S/C20H25FN2O4/c21-16-4-2-14(3-5-16)13-22-18(25)15-6-10-23(11-7-15)17(24)12-20(19(26)27)8-1-9-20/h2-5,15H,1,6-13H2,(H,22,25)(H,26,27). The molecule has 1 aromatic rings. The number of carbonyl (C=O) groups is 3. The first-order valence-corrected chi connectivity index (χ1v) is 9.43. The number of piperidine rings is 1. The van der Waals surface area contributed by atoms with E-state index in [1.54, 1.807) is 17.0 Å². The van der Waals surface area contributed by atoms with Crippen LogP contribution in [0.2, 0.25) is 0 Å². The Labute approximate surface area is 157 Å². The van der Waals surface area contributed by atoms with Crippen LogP contribution in [0.3, 0.4) is 0 Å². The molecule has 0 radical (unpaired) electrons.